The van der Waals surface area contributed by atoms with E-state index in [9.17, 15) is 9.59 Å². The predicted molar refractivity (Wildman–Crippen MR) is 49.4 cm³/mol. The Bertz CT molecular complexity index is 372. The number of aliphatic carboxylic acids is 1. The summed E-state index contributed by atoms with van der Waals surface area (Å²) >= 11 is 6.49. The maximum absolute atomic E-state index is 10.6. The van der Waals surface area contributed by atoms with Crippen molar-refractivity contribution in [2.75, 3.05) is 6.61 Å². The Hall–Kier alpha value is -1.27. The Morgan fingerprint density at radius 3 is 2.64 bits per heavy atom. The molecular formula is C7H5ClO5S. The van der Waals surface area contributed by atoms with Gasteiger partial charge in [0.15, 0.2) is 17.2 Å². The van der Waals surface area contributed by atoms with Crippen LogP contribution in [0.5, 0.6) is 5.75 Å². The molecule has 0 aliphatic heterocycles. The van der Waals surface area contributed by atoms with Gasteiger partial charge in [0.05, 0.1) is 5.02 Å². The molecule has 1 aromatic rings. The van der Waals surface area contributed by atoms with E-state index in [2.05, 4.69) is 0 Å². The number of carbonyl (C=O) groups is 2. The van der Waals surface area contributed by atoms with Crippen molar-refractivity contribution in [2.24, 2.45) is 0 Å². The van der Waals surface area contributed by atoms with Gasteiger partial charge in [0.2, 0.25) is 0 Å². The number of carboxylic acid groups (broad SMARTS) is 2. The average Bonchev–Trinajstić information content (AvgIpc) is 2.43. The van der Waals surface area contributed by atoms with E-state index in [0.29, 0.717) is 0 Å². The van der Waals surface area contributed by atoms with Crippen LogP contribution in [0, 0.1) is 0 Å². The number of hydrogen-bond donors (Lipinski definition) is 2. The van der Waals surface area contributed by atoms with Crippen LogP contribution in [-0.4, -0.2) is 28.8 Å². The largest absolute Gasteiger partial charge is 0.479 e. The molecule has 0 amide bonds. The fourth-order valence-electron chi connectivity index (χ4n) is 0.742. The second kappa shape index (κ2) is 4.30. The molecule has 0 saturated heterocycles. The van der Waals surface area contributed by atoms with E-state index in [-0.39, 0.29) is 15.6 Å². The summed E-state index contributed by atoms with van der Waals surface area (Å²) in [7, 11) is 0. The van der Waals surface area contributed by atoms with Crippen LogP contribution in [0.2, 0.25) is 5.02 Å². The maximum Gasteiger partial charge on any atom is 0.349 e. The topological polar surface area (TPSA) is 83.8 Å². The summed E-state index contributed by atoms with van der Waals surface area (Å²) in [5, 5.41) is 18.5. The van der Waals surface area contributed by atoms with Crippen LogP contribution in [0.4, 0.5) is 0 Å². The van der Waals surface area contributed by atoms with Crippen LogP contribution in [0.15, 0.2) is 5.38 Å². The number of carboxylic acids is 2. The minimum Gasteiger partial charge on any atom is -0.479 e. The van der Waals surface area contributed by atoms with E-state index < -0.39 is 18.5 Å². The molecule has 1 heterocycles. The molecule has 7 heteroatoms. The lowest BCUT2D eigenvalue weighted by molar-refractivity contribution is -0.139. The van der Waals surface area contributed by atoms with Gasteiger partial charge in [-0.1, -0.05) is 11.6 Å². The number of thiophene rings is 1. The number of ether oxygens (including phenoxy) is 1. The molecule has 0 fully saturated rings. The molecule has 0 spiro atoms. The summed E-state index contributed by atoms with van der Waals surface area (Å²) in [4.78, 5) is 20.7. The highest BCUT2D eigenvalue weighted by molar-refractivity contribution is 7.13. The highest BCUT2D eigenvalue weighted by Gasteiger charge is 2.18. The van der Waals surface area contributed by atoms with Gasteiger partial charge in [-0.2, -0.15) is 0 Å². The molecule has 0 aromatic carbocycles. The highest BCUT2D eigenvalue weighted by Crippen LogP contribution is 2.34. The van der Waals surface area contributed by atoms with E-state index >= 15 is 0 Å². The molecule has 2 N–H and O–H groups in total. The summed E-state index contributed by atoms with van der Waals surface area (Å²) in [6, 6.07) is 0. The molecule has 76 valence electrons. The minimum atomic E-state index is -1.19. The third kappa shape index (κ3) is 2.36. The van der Waals surface area contributed by atoms with Gasteiger partial charge in [-0.15, -0.1) is 11.3 Å². The van der Waals surface area contributed by atoms with Crippen molar-refractivity contribution in [1.29, 1.82) is 0 Å². The Kier molecular flexibility index (Phi) is 3.32. The first kappa shape index (κ1) is 10.8. The molecule has 0 aliphatic rings. The monoisotopic (exact) mass is 236 g/mol. The van der Waals surface area contributed by atoms with Gasteiger partial charge >= 0.3 is 11.9 Å². The SMILES string of the molecule is O=C(O)COc1c(Cl)csc1C(=O)O. The lowest BCUT2D eigenvalue weighted by Gasteiger charge is -2.02. The molecular weight excluding hydrogens is 232 g/mol. The lowest BCUT2D eigenvalue weighted by Crippen LogP contribution is -2.10. The van der Waals surface area contributed by atoms with E-state index in [1.165, 1.54) is 5.38 Å². The Morgan fingerprint density at radius 2 is 2.14 bits per heavy atom. The van der Waals surface area contributed by atoms with Gasteiger partial charge < -0.3 is 14.9 Å². The van der Waals surface area contributed by atoms with E-state index in [1.807, 2.05) is 0 Å². The van der Waals surface area contributed by atoms with E-state index in [4.69, 9.17) is 26.6 Å². The maximum atomic E-state index is 10.6. The molecule has 14 heavy (non-hydrogen) atoms. The third-order valence-electron chi connectivity index (χ3n) is 1.24. The van der Waals surface area contributed by atoms with E-state index in [0.717, 1.165) is 11.3 Å². The van der Waals surface area contributed by atoms with Crippen molar-refractivity contribution in [3.63, 3.8) is 0 Å². The van der Waals surface area contributed by atoms with Crippen molar-refractivity contribution >= 4 is 34.9 Å². The minimum absolute atomic E-state index is 0.0911. The Labute approximate surface area is 87.5 Å². The fourth-order valence-corrected chi connectivity index (χ4v) is 1.79. The molecule has 0 radical (unpaired) electrons. The van der Waals surface area contributed by atoms with Crippen molar-refractivity contribution in [1.82, 2.24) is 0 Å². The second-order valence-electron chi connectivity index (χ2n) is 2.23. The first-order valence-corrected chi connectivity index (χ1v) is 4.63. The Morgan fingerprint density at radius 1 is 1.50 bits per heavy atom. The first-order chi connectivity index (χ1) is 6.52. The molecule has 1 aromatic heterocycles. The molecule has 0 saturated carbocycles. The summed E-state index contributed by atoms with van der Waals surface area (Å²) < 4.78 is 4.73. The summed E-state index contributed by atoms with van der Waals surface area (Å²) in [5.41, 5.74) is 0. The van der Waals surface area contributed by atoms with Crippen molar-refractivity contribution < 1.29 is 24.5 Å². The fraction of sp³-hybridized carbons (Fsp3) is 0.143. The smallest absolute Gasteiger partial charge is 0.349 e. The number of rotatable bonds is 4. The average molecular weight is 237 g/mol. The molecule has 1 rings (SSSR count). The van der Waals surface area contributed by atoms with Crippen LogP contribution < -0.4 is 4.74 Å². The van der Waals surface area contributed by atoms with Gasteiger partial charge in [0.1, 0.15) is 0 Å². The third-order valence-corrected chi connectivity index (χ3v) is 2.60. The van der Waals surface area contributed by atoms with Crippen LogP contribution in [0.3, 0.4) is 0 Å². The number of aromatic carboxylic acids is 1. The zero-order valence-electron chi connectivity index (χ0n) is 6.69. The van der Waals surface area contributed by atoms with Gasteiger partial charge in [-0.3, -0.25) is 0 Å². The lowest BCUT2D eigenvalue weighted by atomic mass is 10.4. The normalized spacial score (nSPS) is 9.79. The summed E-state index contributed by atoms with van der Waals surface area (Å²) in [6.45, 7) is -0.614. The first-order valence-electron chi connectivity index (χ1n) is 3.37. The second-order valence-corrected chi connectivity index (χ2v) is 3.52. The van der Waals surface area contributed by atoms with Crippen LogP contribution >= 0.6 is 22.9 Å². The number of hydrogen-bond acceptors (Lipinski definition) is 4. The predicted octanol–water partition coefficient (Wildman–Crippen LogP) is 1.56. The molecule has 0 atom stereocenters. The standard InChI is InChI=1S/C7H5ClO5S/c8-3-2-14-6(7(11)12)5(3)13-1-4(9)10/h2H,1H2,(H,9,10)(H,11,12). The van der Waals surface area contributed by atoms with Crippen molar-refractivity contribution in [3.05, 3.63) is 15.3 Å². The van der Waals surface area contributed by atoms with Crippen LogP contribution in [-0.2, 0) is 4.79 Å². The number of halogens is 1. The van der Waals surface area contributed by atoms with Gasteiger partial charge in [0, 0.05) is 5.38 Å². The molecule has 5 nitrogen and oxygen atoms in total. The van der Waals surface area contributed by atoms with Gasteiger partial charge in [0.25, 0.3) is 0 Å². The van der Waals surface area contributed by atoms with Crippen LogP contribution in [0.1, 0.15) is 9.67 Å². The highest BCUT2D eigenvalue weighted by atomic mass is 35.5. The van der Waals surface area contributed by atoms with Gasteiger partial charge in [-0.05, 0) is 0 Å². The summed E-state index contributed by atoms with van der Waals surface area (Å²) in [5.74, 6) is -2.47. The quantitative estimate of drug-likeness (QED) is 0.829. The van der Waals surface area contributed by atoms with Gasteiger partial charge in [-0.25, -0.2) is 9.59 Å². The zero-order chi connectivity index (χ0) is 10.7. The molecule has 0 aliphatic carbocycles. The van der Waals surface area contributed by atoms with Crippen LogP contribution in [0.25, 0.3) is 0 Å². The van der Waals surface area contributed by atoms with Crippen molar-refractivity contribution in [2.45, 2.75) is 0 Å². The van der Waals surface area contributed by atoms with E-state index in [1.54, 1.807) is 0 Å². The zero-order valence-corrected chi connectivity index (χ0v) is 8.26. The summed E-state index contributed by atoms with van der Waals surface area (Å²) in [6.07, 6.45) is 0. The Balaban J connectivity index is 2.88. The van der Waals surface area contributed by atoms with Crippen molar-refractivity contribution in [3.8, 4) is 5.75 Å². The molecule has 0 bridgehead atoms. The molecule has 0 unspecified atom stereocenters.